The van der Waals surface area contributed by atoms with E-state index in [-0.39, 0.29) is 22.1 Å². The molecule has 1 aromatic rings. The molecule has 0 saturated heterocycles. The highest BCUT2D eigenvalue weighted by Crippen LogP contribution is 2.36. The second kappa shape index (κ2) is 5.44. The van der Waals surface area contributed by atoms with Crippen LogP contribution in [-0.4, -0.2) is 27.1 Å². The van der Waals surface area contributed by atoms with E-state index in [1.54, 1.807) is 0 Å². The summed E-state index contributed by atoms with van der Waals surface area (Å²) in [6.07, 6.45) is 3.56. The van der Waals surface area contributed by atoms with Gasteiger partial charge in [0.1, 0.15) is 0 Å². The van der Waals surface area contributed by atoms with Crippen LogP contribution < -0.4 is 11.1 Å². The topological polar surface area (TPSA) is 89.3 Å². The minimum Gasteiger partial charge on any atom is -0.399 e. The molecule has 1 aliphatic carbocycles. The average molecular weight is 296 g/mol. The number of benzene rings is 1. The summed E-state index contributed by atoms with van der Waals surface area (Å²) in [5.74, 6) is 0.881. The van der Waals surface area contributed by atoms with Crippen LogP contribution in [-0.2, 0) is 9.84 Å². The Labute approximate surface area is 119 Å². The molecule has 1 amide bonds. The van der Waals surface area contributed by atoms with E-state index in [2.05, 4.69) is 12.2 Å². The number of carbonyl (C=O) groups is 1. The average Bonchev–Trinajstić information content (AvgIpc) is 3.17. The highest BCUT2D eigenvalue weighted by Gasteiger charge is 2.28. The SMILES string of the molecule is CC(CNC(=O)c1cc(N)cc(S(C)(=O)=O)c1)C1CC1. The fraction of sp³-hybridized carbons (Fsp3) is 0.500. The Morgan fingerprint density at radius 1 is 1.40 bits per heavy atom. The van der Waals surface area contributed by atoms with E-state index in [1.807, 2.05) is 0 Å². The number of rotatable bonds is 5. The first-order chi connectivity index (χ1) is 9.27. The van der Waals surface area contributed by atoms with Gasteiger partial charge in [0.05, 0.1) is 4.90 Å². The number of nitrogens with one attached hydrogen (secondary N) is 1. The van der Waals surface area contributed by atoms with Crippen LogP contribution in [0.25, 0.3) is 0 Å². The number of sulfone groups is 1. The Balaban J connectivity index is 2.10. The van der Waals surface area contributed by atoms with E-state index in [4.69, 9.17) is 5.73 Å². The summed E-state index contributed by atoms with van der Waals surface area (Å²) in [6, 6.07) is 4.22. The maximum Gasteiger partial charge on any atom is 0.251 e. The quantitative estimate of drug-likeness (QED) is 0.805. The summed E-state index contributed by atoms with van der Waals surface area (Å²) < 4.78 is 23.1. The van der Waals surface area contributed by atoms with Crippen LogP contribution in [0.2, 0.25) is 0 Å². The van der Waals surface area contributed by atoms with Gasteiger partial charge in [-0.3, -0.25) is 4.79 Å². The number of nitrogen functional groups attached to an aromatic ring is 1. The highest BCUT2D eigenvalue weighted by atomic mass is 32.2. The molecule has 1 saturated carbocycles. The van der Waals surface area contributed by atoms with E-state index >= 15 is 0 Å². The number of anilines is 1. The van der Waals surface area contributed by atoms with Crippen molar-refractivity contribution in [3.63, 3.8) is 0 Å². The molecule has 5 nitrogen and oxygen atoms in total. The lowest BCUT2D eigenvalue weighted by atomic mass is 10.1. The minimum absolute atomic E-state index is 0.0675. The van der Waals surface area contributed by atoms with Crippen molar-refractivity contribution < 1.29 is 13.2 Å². The van der Waals surface area contributed by atoms with Gasteiger partial charge in [-0.1, -0.05) is 6.92 Å². The van der Waals surface area contributed by atoms with E-state index in [1.165, 1.54) is 31.0 Å². The van der Waals surface area contributed by atoms with E-state index in [0.29, 0.717) is 18.4 Å². The van der Waals surface area contributed by atoms with Gasteiger partial charge in [-0.25, -0.2) is 8.42 Å². The van der Waals surface area contributed by atoms with Crippen molar-refractivity contribution >= 4 is 21.4 Å². The number of hydrogen-bond donors (Lipinski definition) is 2. The zero-order valence-electron chi connectivity index (χ0n) is 11.7. The Morgan fingerprint density at radius 2 is 2.05 bits per heavy atom. The molecule has 1 atom stereocenters. The Bertz CT molecular complexity index is 621. The third-order valence-electron chi connectivity index (χ3n) is 3.63. The lowest BCUT2D eigenvalue weighted by molar-refractivity contribution is 0.0946. The van der Waals surface area contributed by atoms with Crippen molar-refractivity contribution in [3.8, 4) is 0 Å². The van der Waals surface area contributed by atoms with Crippen molar-refractivity contribution in [2.24, 2.45) is 11.8 Å². The minimum atomic E-state index is -3.38. The van der Waals surface area contributed by atoms with Crippen LogP contribution in [0, 0.1) is 11.8 Å². The van der Waals surface area contributed by atoms with Gasteiger partial charge in [0.25, 0.3) is 5.91 Å². The van der Waals surface area contributed by atoms with E-state index in [9.17, 15) is 13.2 Å². The van der Waals surface area contributed by atoms with Crippen molar-refractivity contribution in [1.29, 1.82) is 0 Å². The maximum absolute atomic E-state index is 12.1. The lowest BCUT2D eigenvalue weighted by Crippen LogP contribution is -2.29. The summed E-state index contributed by atoms with van der Waals surface area (Å²) in [7, 11) is -3.38. The van der Waals surface area contributed by atoms with E-state index < -0.39 is 9.84 Å². The fourth-order valence-electron chi connectivity index (χ4n) is 2.15. The van der Waals surface area contributed by atoms with Crippen LogP contribution in [0.4, 0.5) is 5.69 Å². The number of nitrogens with two attached hydrogens (primary N) is 1. The van der Waals surface area contributed by atoms with Gasteiger partial charge >= 0.3 is 0 Å². The third kappa shape index (κ3) is 3.72. The Hall–Kier alpha value is -1.56. The normalized spacial score (nSPS) is 16.7. The second-order valence-corrected chi connectivity index (χ2v) is 7.60. The molecule has 1 unspecified atom stereocenters. The first-order valence-corrected chi connectivity index (χ1v) is 8.55. The van der Waals surface area contributed by atoms with Crippen molar-refractivity contribution in [2.45, 2.75) is 24.7 Å². The molecule has 0 aromatic heterocycles. The molecule has 20 heavy (non-hydrogen) atoms. The van der Waals surface area contributed by atoms with Crippen molar-refractivity contribution in [2.75, 3.05) is 18.5 Å². The maximum atomic E-state index is 12.1. The predicted molar refractivity (Wildman–Crippen MR) is 78.2 cm³/mol. The zero-order valence-corrected chi connectivity index (χ0v) is 12.5. The molecular weight excluding hydrogens is 276 g/mol. The third-order valence-corrected chi connectivity index (χ3v) is 4.72. The summed E-state index contributed by atoms with van der Waals surface area (Å²) in [6.45, 7) is 2.71. The van der Waals surface area contributed by atoms with Gasteiger partial charge in [0, 0.05) is 24.1 Å². The van der Waals surface area contributed by atoms with Crippen molar-refractivity contribution in [3.05, 3.63) is 23.8 Å². The largest absolute Gasteiger partial charge is 0.399 e. The number of carbonyl (C=O) groups excluding carboxylic acids is 1. The lowest BCUT2D eigenvalue weighted by Gasteiger charge is -2.12. The van der Waals surface area contributed by atoms with Crippen LogP contribution in [0.15, 0.2) is 23.1 Å². The number of hydrogen-bond acceptors (Lipinski definition) is 4. The second-order valence-electron chi connectivity index (χ2n) is 5.59. The monoisotopic (exact) mass is 296 g/mol. The van der Waals surface area contributed by atoms with Crippen LogP contribution in [0.5, 0.6) is 0 Å². The van der Waals surface area contributed by atoms with Gasteiger partial charge < -0.3 is 11.1 Å². The molecule has 1 aliphatic rings. The number of amides is 1. The van der Waals surface area contributed by atoms with Crippen molar-refractivity contribution in [1.82, 2.24) is 5.32 Å². The Kier molecular flexibility index (Phi) is 4.04. The Morgan fingerprint density at radius 3 is 2.60 bits per heavy atom. The smallest absolute Gasteiger partial charge is 0.251 e. The zero-order chi connectivity index (χ0) is 14.9. The summed E-state index contributed by atoms with van der Waals surface area (Å²) >= 11 is 0. The standard InChI is InChI=1S/C14H20N2O3S/c1-9(10-3-4-10)8-16-14(17)11-5-12(15)7-13(6-11)20(2,18)19/h5-7,9-10H,3-4,8,15H2,1-2H3,(H,16,17). The molecule has 0 aliphatic heterocycles. The first-order valence-electron chi connectivity index (χ1n) is 6.66. The van der Waals surface area contributed by atoms with Gasteiger partial charge in [-0.05, 0) is 42.9 Å². The molecule has 1 fully saturated rings. The fourth-order valence-corrected chi connectivity index (χ4v) is 2.85. The summed E-state index contributed by atoms with van der Waals surface area (Å²) in [5.41, 5.74) is 6.22. The van der Waals surface area contributed by atoms with Gasteiger partial charge in [0.15, 0.2) is 9.84 Å². The van der Waals surface area contributed by atoms with Gasteiger partial charge in [-0.15, -0.1) is 0 Å². The summed E-state index contributed by atoms with van der Waals surface area (Å²) in [4.78, 5) is 12.1. The predicted octanol–water partition coefficient (Wildman–Crippen LogP) is 1.45. The van der Waals surface area contributed by atoms with Crippen LogP contribution in [0.1, 0.15) is 30.1 Å². The molecule has 0 heterocycles. The highest BCUT2D eigenvalue weighted by molar-refractivity contribution is 7.90. The van der Waals surface area contributed by atoms with Gasteiger partial charge in [-0.2, -0.15) is 0 Å². The van der Waals surface area contributed by atoms with Crippen LogP contribution in [0.3, 0.4) is 0 Å². The first kappa shape index (κ1) is 14.8. The molecule has 0 radical (unpaired) electrons. The molecule has 0 bridgehead atoms. The molecule has 6 heteroatoms. The molecule has 3 N–H and O–H groups in total. The van der Waals surface area contributed by atoms with E-state index in [0.717, 1.165) is 6.26 Å². The molecule has 110 valence electrons. The van der Waals surface area contributed by atoms with Gasteiger partial charge in [0.2, 0.25) is 0 Å². The molecular formula is C14H20N2O3S. The molecule has 1 aromatic carbocycles. The summed E-state index contributed by atoms with van der Waals surface area (Å²) in [5, 5.41) is 2.84. The molecule has 0 spiro atoms. The van der Waals surface area contributed by atoms with Crippen LogP contribution >= 0.6 is 0 Å². The molecule has 2 rings (SSSR count).